The van der Waals surface area contributed by atoms with Crippen molar-refractivity contribution in [3.05, 3.63) is 48.3 Å². The first-order valence-electron chi connectivity index (χ1n) is 7.99. The highest BCUT2D eigenvalue weighted by Gasteiger charge is 2.30. The summed E-state index contributed by atoms with van der Waals surface area (Å²) in [4.78, 5) is 4.28. The Bertz CT molecular complexity index is 960. The number of benzene rings is 1. The molecule has 0 aliphatic heterocycles. The van der Waals surface area contributed by atoms with E-state index in [-0.39, 0.29) is 12.5 Å². The van der Waals surface area contributed by atoms with Gasteiger partial charge in [-0.05, 0) is 29.7 Å². The van der Waals surface area contributed by atoms with E-state index in [1.807, 2.05) is 13.8 Å². The lowest BCUT2D eigenvalue weighted by molar-refractivity contribution is -0.137. The van der Waals surface area contributed by atoms with E-state index in [0.717, 1.165) is 12.1 Å². The van der Waals surface area contributed by atoms with E-state index in [0.29, 0.717) is 27.9 Å². The van der Waals surface area contributed by atoms with Gasteiger partial charge in [0, 0.05) is 11.8 Å². The van der Waals surface area contributed by atoms with E-state index in [9.17, 15) is 13.2 Å². The minimum atomic E-state index is -4.40. The second kappa shape index (κ2) is 6.78. The number of fused-ring (bicyclic) bond motifs is 1. The van der Waals surface area contributed by atoms with Gasteiger partial charge in [0.05, 0.1) is 29.5 Å². The fourth-order valence-corrected chi connectivity index (χ4v) is 2.60. The van der Waals surface area contributed by atoms with E-state index < -0.39 is 11.7 Å². The minimum absolute atomic E-state index is 0.0267. The molecule has 0 unspecified atom stereocenters. The molecule has 8 heteroatoms. The molecule has 0 bridgehead atoms. The molecule has 136 valence electrons. The van der Waals surface area contributed by atoms with Crippen LogP contribution < -0.4 is 0 Å². The van der Waals surface area contributed by atoms with E-state index in [4.69, 9.17) is 5.21 Å². The molecule has 0 saturated carbocycles. The first-order valence-corrected chi connectivity index (χ1v) is 7.99. The molecule has 0 saturated heterocycles. The van der Waals surface area contributed by atoms with Crippen molar-refractivity contribution in [1.82, 2.24) is 14.8 Å². The maximum Gasteiger partial charge on any atom is 0.416 e. The van der Waals surface area contributed by atoms with Crippen LogP contribution in [0.4, 0.5) is 13.2 Å². The van der Waals surface area contributed by atoms with E-state index in [2.05, 4.69) is 15.2 Å². The normalized spacial score (nSPS) is 12.9. The largest absolute Gasteiger partial charge is 0.416 e. The summed E-state index contributed by atoms with van der Waals surface area (Å²) in [6.45, 7) is 4.06. The zero-order valence-electron chi connectivity index (χ0n) is 14.2. The molecule has 0 spiro atoms. The Hall–Kier alpha value is -2.90. The number of halogens is 3. The SMILES string of the molecule is CC(C)C(Cn1ncc2ncc(-c3cccc(C(F)(F)F)c3)cc21)=NO. The van der Waals surface area contributed by atoms with Gasteiger partial charge in [-0.1, -0.05) is 31.1 Å². The third kappa shape index (κ3) is 3.54. The molecule has 0 aliphatic rings. The molecule has 2 aromatic heterocycles. The highest BCUT2D eigenvalue weighted by molar-refractivity contribution is 5.87. The highest BCUT2D eigenvalue weighted by Crippen LogP contribution is 2.32. The molecule has 3 rings (SSSR count). The number of oxime groups is 1. The van der Waals surface area contributed by atoms with Gasteiger partial charge in [-0.3, -0.25) is 9.67 Å². The summed E-state index contributed by atoms with van der Waals surface area (Å²) >= 11 is 0. The number of alkyl halides is 3. The van der Waals surface area contributed by atoms with Crippen molar-refractivity contribution in [3.63, 3.8) is 0 Å². The summed E-state index contributed by atoms with van der Waals surface area (Å²) in [6.07, 6.45) is -1.31. The van der Waals surface area contributed by atoms with Crippen molar-refractivity contribution in [2.45, 2.75) is 26.6 Å². The molecular formula is C18H17F3N4O. The molecule has 0 radical (unpaired) electrons. The fraction of sp³-hybridized carbons (Fsp3) is 0.278. The van der Waals surface area contributed by atoms with Crippen LogP contribution >= 0.6 is 0 Å². The predicted octanol–water partition coefficient (Wildman–Crippen LogP) is 4.60. The zero-order chi connectivity index (χ0) is 18.9. The van der Waals surface area contributed by atoms with Crippen LogP contribution in [0.25, 0.3) is 22.2 Å². The van der Waals surface area contributed by atoms with E-state index >= 15 is 0 Å². The van der Waals surface area contributed by atoms with Crippen molar-refractivity contribution in [2.75, 3.05) is 0 Å². The summed E-state index contributed by atoms with van der Waals surface area (Å²) in [6, 6.07) is 6.84. The average molecular weight is 362 g/mol. The van der Waals surface area contributed by atoms with Gasteiger partial charge >= 0.3 is 6.18 Å². The van der Waals surface area contributed by atoms with Crippen LogP contribution in [0.1, 0.15) is 19.4 Å². The standard InChI is InChI=1S/C18H17F3N4O/c1-11(2)16(24-26)10-25-17-7-13(8-22-15(17)9-23-25)12-4-3-5-14(6-12)18(19,20)21/h3-9,11,26H,10H2,1-2H3. The van der Waals surface area contributed by atoms with Gasteiger partial charge in [0.25, 0.3) is 0 Å². The Morgan fingerprint density at radius 3 is 2.62 bits per heavy atom. The van der Waals surface area contributed by atoms with Crippen molar-refractivity contribution in [2.24, 2.45) is 11.1 Å². The van der Waals surface area contributed by atoms with Crippen molar-refractivity contribution >= 4 is 16.7 Å². The number of nitrogens with zero attached hydrogens (tertiary/aromatic N) is 4. The summed E-state index contributed by atoms with van der Waals surface area (Å²) < 4.78 is 40.4. The van der Waals surface area contributed by atoms with Crippen LogP contribution in [0.3, 0.4) is 0 Å². The molecular weight excluding hydrogens is 345 g/mol. The molecule has 0 atom stereocenters. The Balaban J connectivity index is 2.03. The minimum Gasteiger partial charge on any atom is -0.411 e. The maximum atomic E-state index is 12.9. The Morgan fingerprint density at radius 1 is 1.19 bits per heavy atom. The Kier molecular flexibility index (Phi) is 4.67. The topological polar surface area (TPSA) is 63.3 Å². The summed E-state index contributed by atoms with van der Waals surface area (Å²) in [5.41, 5.74) is 2.07. The molecule has 1 aromatic carbocycles. The predicted molar refractivity (Wildman–Crippen MR) is 92.0 cm³/mol. The number of pyridine rings is 1. The third-order valence-corrected chi connectivity index (χ3v) is 4.12. The van der Waals surface area contributed by atoms with Crippen LogP contribution in [-0.2, 0) is 12.7 Å². The molecule has 2 heterocycles. The summed E-state index contributed by atoms with van der Waals surface area (Å²) in [5.74, 6) is 0.0267. The maximum absolute atomic E-state index is 12.9. The van der Waals surface area contributed by atoms with Gasteiger partial charge in [0.15, 0.2) is 0 Å². The third-order valence-electron chi connectivity index (χ3n) is 4.12. The average Bonchev–Trinajstić information content (AvgIpc) is 3.00. The van der Waals surface area contributed by atoms with Crippen LogP contribution in [0.5, 0.6) is 0 Å². The fourth-order valence-electron chi connectivity index (χ4n) is 2.60. The van der Waals surface area contributed by atoms with Crippen molar-refractivity contribution in [1.29, 1.82) is 0 Å². The van der Waals surface area contributed by atoms with Crippen LogP contribution in [0.2, 0.25) is 0 Å². The number of aromatic nitrogens is 3. The Labute approximate surface area is 147 Å². The molecule has 0 fully saturated rings. The molecule has 0 amide bonds. The monoisotopic (exact) mass is 362 g/mol. The molecule has 5 nitrogen and oxygen atoms in total. The van der Waals surface area contributed by atoms with Gasteiger partial charge in [0.2, 0.25) is 0 Å². The number of hydrogen-bond donors (Lipinski definition) is 1. The van der Waals surface area contributed by atoms with E-state index in [1.54, 1.807) is 23.0 Å². The van der Waals surface area contributed by atoms with Crippen molar-refractivity contribution < 1.29 is 18.4 Å². The van der Waals surface area contributed by atoms with Gasteiger partial charge < -0.3 is 5.21 Å². The lowest BCUT2D eigenvalue weighted by Crippen LogP contribution is -2.17. The first-order chi connectivity index (χ1) is 12.3. The van der Waals surface area contributed by atoms with Crippen LogP contribution in [0.15, 0.2) is 47.9 Å². The van der Waals surface area contributed by atoms with Gasteiger partial charge in [-0.15, -0.1) is 0 Å². The van der Waals surface area contributed by atoms with Gasteiger partial charge in [0.1, 0.15) is 5.52 Å². The second-order valence-electron chi connectivity index (χ2n) is 6.26. The molecule has 3 aromatic rings. The zero-order valence-corrected chi connectivity index (χ0v) is 14.2. The van der Waals surface area contributed by atoms with Crippen LogP contribution in [-0.4, -0.2) is 25.7 Å². The van der Waals surface area contributed by atoms with E-state index in [1.165, 1.54) is 12.3 Å². The van der Waals surface area contributed by atoms with Gasteiger partial charge in [-0.2, -0.15) is 18.3 Å². The Morgan fingerprint density at radius 2 is 1.96 bits per heavy atom. The number of hydrogen-bond acceptors (Lipinski definition) is 4. The first kappa shape index (κ1) is 17.9. The molecule has 1 N–H and O–H groups in total. The lowest BCUT2D eigenvalue weighted by Gasteiger charge is -2.10. The summed E-state index contributed by atoms with van der Waals surface area (Å²) in [5, 5.41) is 16.7. The smallest absolute Gasteiger partial charge is 0.411 e. The molecule has 0 aliphatic carbocycles. The lowest BCUT2D eigenvalue weighted by atomic mass is 10.0. The molecule has 26 heavy (non-hydrogen) atoms. The summed E-state index contributed by atoms with van der Waals surface area (Å²) in [7, 11) is 0. The highest BCUT2D eigenvalue weighted by atomic mass is 19.4. The second-order valence-corrected chi connectivity index (χ2v) is 6.26. The quantitative estimate of drug-likeness (QED) is 0.419. The van der Waals surface area contributed by atoms with Crippen molar-refractivity contribution in [3.8, 4) is 11.1 Å². The van der Waals surface area contributed by atoms with Gasteiger partial charge in [-0.25, -0.2) is 0 Å². The van der Waals surface area contributed by atoms with Crippen LogP contribution in [0, 0.1) is 5.92 Å². The number of rotatable bonds is 4.